The zero-order valence-corrected chi connectivity index (χ0v) is 16.8. The van der Waals surface area contributed by atoms with Crippen molar-refractivity contribution in [3.63, 3.8) is 0 Å². The van der Waals surface area contributed by atoms with E-state index in [4.69, 9.17) is 0 Å². The van der Waals surface area contributed by atoms with E-state index in [2.05, 4.69) is 87.2 Å². The molecule has 1 unspecified atom stereocenters. The van der Waals surface area contributed by atoms with Crippen LogP contribution in [-0.4, -0.2) is 0 Å². The standard InChI is InChI=1S/C26H36/c1-4-7-8-9-10-13-18-23(5-2)26(6-3,24-19-14-11-15-20-24)25-21-16-12-17-22-25/h6,11-12,14-17,19-23H,3-5,7-10,13,18H2,1-2H3. The van der Waals surface area contributed by atoms with Crippen LogP contribution in [0.1, 0.15) is 76.3 Å². The quantitative estimate of drug-likeness (QED) is 0.270. The summed E-state index contributed by atoms with van der Waals surface area (Å²) in [6.07, 6.45) is 12.8. The Kier molecular flexibility index (Phi) is 8.68. The smallest absolute Gasteiger partial charge is 0.0407 e. The molecule has 0 fully saturated rings. The third kappa shape index (κ3) is 4.87. The summed E-state index contributed by atoms with van der Waals surface area (Å²) in [7, 11) is 0. The van der Waals surface area contributed by atoms with Crippen LogP contribution >= 0.6 is 0 Å². The highest BCUT2D eigenvalue weighted by Crippen LogP contribution is 2.44. The molecule has 0 N–H and O–H groups in total. The molecule has 2 rings (SSSR count). The maximum Gasteiger partial charge on any atom is 0.0407 e. The van der Waals surface area contributed by atoms with E-state index in [1.807, 2.05) is 0 Å². The molecule has 140 valence electrons. The highest BCUT2D eigenvalue weighted by Gasteiger charge is 2.37. The first-order chi connectivity index (χ1) is 12.8. The Hall–Kier alpha value is -1.82. The molecule has 0 heterocycles. The van der Waals surface area contributed by atoms with Crippen molar-refractivity contribution in [2.45, 2.75) is 70.6 Å². The molecular formula is C26H36. The van der Waals surface area contributed by atoms with Gasteiger partial charge in [-0.1, -0.05) is 126 Å². The lowest BCUT2D eigenvalue weighted by Crippen LogP contribution is -2.34. The Labute approximate surface area is 161 Å². The van der Waals surface area contributed by atoms with Crippen LogP contribution in [0.25, 0.3) is 0 Å². The summed E-state index contributed by atoms with van der Waals surface area (Å²) in [4.78, 5) is 0. The Morgan fingerprint density at radius 3 is 1.73 bits per heavy atom. The normalized spacial score (nSPS) is 12.7. The van der Waals surface area contributed by atoms with E-state index in [0.29, 0.717) is 5.92 Å². The fraction of sp³-hybridized carbons (Fsp3) is 0.462. The van der Waals surface area contributed by atoms with E-state index < -0.39 is 0 Å². The van der Waals surface area contributed by atoms with E-state index in [1.54, 1.807) is 0 Å². The van der Waals surface area contributed by atoms with Crippen molar-refractivity contribution < 1.29 is 0 Å². The van der Waals surface area contributed by atoms with E-state index in [1.165, 1.54) is 62.5 Å². The minimum atomic E-state index is -0.0965. The number of rotatable bonds is 12. The summed E-state index contributed by atoms with van der Waals surface area (Å²) in [5.41, 5.74) is 2.65. The number of benzene rings is 2. The maximum atomic E-state index is 4.32. The number of allylic oxidation sites excluding steroid dienone is 1. The lowest BCUT2D eigenvalue weighted by Gasteiger charge is -2.40. The van der Waals surface area contributed by atoms with Crippen molar-refractivity contribution in [2.24, 2.45) is 5.92 Å². The van der Waals surface area contributed by atoms with E-state index in [9.17, 15) is 0 Å². The number of unbranched alkanes of at least 4 members (excludes halogenated alkanes) is 5. The molecule has 2 aromatic rings. The summed E-state index contributed by atoms with van der Waals surface area (Å²) in [5, 5.41) is 0. The molecule has 0 amide bonds. The summed E-state index contributed by atoms with van der Waals surface area (Å²) in [6, 6.07) is 22.0. The van der Waals surface area contributed by atoms with Gasteiger partial charge in [0, 0.05) is 5.41 Å². The predicted molar refractivity (Wildman–Crippen MR) is 116 cm³/mol. The van der Waals surface area contributed by atoms with Crippen LogP contribution in [0.15, 0.2) is 73.3 Å². The van der Waals surface area contributed by atoms with Crippen LogP contribution in [0.2, 0.25) is 0 Å². The van der Waals surface area contributed by atoms with Crippen molar-refractivity contribution in [2.75, 3.05) is 0 Å². The van der Waals surface area contributed by atoms with Crippen LogP contribution in [0.4, 0.5) is 0 Å². The molecule has 0 radical (unpaired) electrons. The minimum absolute atomic E-state index is 0.0965. The molecule has 2 aromatic carbocycles. The fourth-order valence-corrected chi connectivity index (χ4v) is 4.39. The van der Waals surface area contributed by atoms with Gasteiger partial charge in [0.05, 0.1) is 0 Å². The van der Waals surface area contributed by atoms with Gasteiger partial charge in [-0.05, 0) is 23.5 Å². The van der Waals surface area contributed by atoms with Crippen LogP contribution in [0.5, 0.6) is 0 Å². The summed E-state index contributed by atoms with van der Waals surface area (Å²) in [6.45, 7) is 8.95. The molecule has 0 heteroatoms. The molecular weight excluding hydrogens is 312 g/mol. The van der Waals surface area contributed by atoms with Crippen LogP contribution in [0, 0.1) is 5.92 Å². The average molecular weight is 349 g/mol. The van der Waals surface area contributed by atoms with Gasteiger partial charge in [-0.25, -0.2) is 0 Å². The fourth-order valence-electron chi connectivity index (χ4n) is 4.39. The zero-order valence-electron chi connectivity index (χ0n) is 16.8. The van der Waals surface area contributed by atoms with Crippen molar-refractivity contribution in [3.8, 4) is 0 Å². The lowest BCUT2D eigenvalue weighted by atomic mass is 9.63. The van der Waals surface area contributed by atoms with Gasteiger partial charge in [-0.3, -0.25) is 0 Å². The highest BCUT2D eigenvalue weighted by atomic mass is 14.4. The lowest BCUT2D eigenvalue weighted by molar-refractivity contribution is 0.333. The second-order valence-corrected chi connectivity index (χ2v) is 7.47. The first kappa shape index (κ1) is 20.5. The molecule has 26 heavy (non-hydrogen) atoms. The van der Waals surface area contributed by atoms with Gasteiger partial charge in [-0.2, -0.15) is 0 Å². The molecule has 0 aliphatic rings. The van der Waals surface area contributed by atoms with Crippen LogP contribution in [0.3, 0.4) is 0 Å². The average Bonchev–Trinajstić information content (AvgIpc) is 2.71. The Morgan fingerprint density at radius 2 is 1.27 bits per heavy atom. The molecule has 0 saturated carbocycles. The van der Waals surface area contributed by atoms with Gasteiger partial charge in [0.2, 0.25) is 0 Å². The third-order valence-electron chi connectivity index (χ3n) is 5.87. The van der Waals surface area contributed by atoms with Gasteiger partial charge < -0.3 is 0 Å². The van der Waals surface area contributed by atoms with Gasteiger partial charge in [0.15, 0.2) is 0 Å². The van der Waals surface area contributed by atoms with Crippen LogP contribution in [-0.2, 0) is 5.41 Å². The van der Waals surface area contributed by atoms with Crippen molar-refractivity contribution in [1.82, 2.24) is 0 Å². The second-order valence-electron chi connectivity index (χ2n) is 7.47. The minimum Gasteiger partial charge on any atom is -0.102 e. The zero-order chi connectivity index (χ0) is 18.7. The summed E-state index contributed by atoms with van der Waals surface area (Å²) in [5.74, 6) is 0.580. The van der Waals surface area contributed by atoms with E-state index in [0.717, 1.165) is 0 Å². The first-order valence-corrected chi connectivity index (χ1v) is 10.5. The monoisotopic (exact) mass is 348 g/mol. The summed E-state index contributed by atoms with van der Waals surface area (Å²) < 4.78 is 0. The third-order valence-corrected chi connectivity index (χ3v) is 5.87. The molecule has 0 bridgehead atoms. The molecule has 1 atom stereocenters. The van der Waals surface area contributed by atoms with Gasteiger partial charge in [0.25, 0.3) is 0 Å². The van der Waals surface area contributed by atoms with Crippen LogP contribution < -0.4 is 0 Å². The molecule has 0 aliphatic heterocycles. The molecule has 0 saturated heterocycles. The second kappa shape index (κ2) is 11.0. The van der Waals surface area contributed by atoms with Crippen molar-refractivity contribution in [1.29, 1.82) is 0 Å². The van der Waals surface area contributed by atoms with Gasteiger partial charge in [0.1, 0.15) is 0 Å². The van der Waals surface area contributed by atoms with Crippen molar-refractivity contribution in [3.05, 3.63) is 84.4 Å². The Bertz CT molecular complexity index is 572. The molecule has 0 nitrogen and oxygen atoms in total. The van der Waals surface area contributed by atoms with Gasteiger partial charge >= 0.3 is 0 Å². The maximum absolute atomic E-state index is 4.32. The van der Waals surface area contributed by atoms with Crippen molar-refractivity contribution >= 4 is 0 Å². The molecule has 0 aromatic heterocycles. The molecule has 0 spiro atoms. The van der Waals surface area contributed by atoms with Gasteiger partial charge in [-0.15, -0.1) is 6.58 Å². The van der Waals surface area contributed by atoms with E-state index >= 15 is 0 Å². The van der Waals surface area contributed by atoms with E-state index in [-0.39, 0.29) is 5.41 Å². The molecule has 0 aliphatic carbocycles. The number of hydrogen-bond acceptors (Lipinski definition) is 0. The highest BCUT2D eigenvalue weighted by molar-refractivity contribution is 5.45. The number of hydrogen-bond donors (Lipinski definition) is 0. The largest absolute Gasteiger partial charge is 0.102 e. The Morgan fingerprint density at radius 1 is 0.769 bits per heavy atom. The first-order valence-electron chi connectivity index (χ1n) is 10.5. The SMILES string of the molecule is C=CC(c1ccccc1)(c1ccccc1)C(CC)CCCCCCCC. The predicted octanol–water partition coefficient (Wildman–Crippen LogP) is 7.94. The Balaban J connectivity index is 2.26. The summed E-state index contributed by atoms with van der Waals surface area (Å²) >= 11 is 0. The topological polar surface area (TPSA) is 0 Å².